The van der Waals surface area contributed by atoms with Crippen LogP contribution in [0.5, 0.6) is 0 Å². The van der Waals surface area contributed by atoms with E-state index in [4.69, 9.17) is 4.99 Å². The third kappa shape index (κ3) is 4.84. The minimum absolute atomic E-state index is 0.891. The normalized spacial score (nSPS) is 16.2. The predicted molar refractivity (Wildman–Crippen MR) is 94.6 cm³/mol. The highest BCUT2D eigenvalue weighted by atomic mass is 32.2. The van der Waals surface area contributed by atoms with Crippen molar-refractivity contribution < 1.29 is 0 Å². The van der Waals surface area contributed by atoms with E-state index in [0.717, 1.165) is 51.0 Å². The average molecular weight is 306 g/mol. The molecule has 0 radical (unpaired) electrons. The van der Waals surface area contributed by atoms with Gasteiger partial charge >= 0.3 is 0 Å². The van der Waals surface area contributed by atoms with Crippen LogP contribution in [0.2, 0.25) is 0 Å². The monoisotopic (exact) mass is 306 g/mol. The zero-order valence-electron chi connectivity index (χ0n) is 13.1. The second-order valence-electron chi connectivity index (χ2n) is 5.04. The topological polar surface area (TPSA) is 30.9 Å². The molecular weight excluding hydrogens is 280 g/mol. The summed E-state index contributed by atoms with van der Waals surface area (Å²) in [5.74, 6) is 2.15. The van der Waals surface area contributed by atoms with Crippen LogP contribution < -0.4 is 10.2 Å². The van der Waals surface area contributed by atoms with E-state index in [9.17, 15) is 0 Å². The molecule has 1 heterocycles. The number of benzene rings is 1. The van der Waals surface area contributed by atoms with Crippen molar-refractivity contribution in [2.24, 2.45) is 4.99 Å². The lowest BCUT2D eigenvalue weighted by Crippen LogP contribution is -2.52. The van der Waals surface area contributed by atoms with Crippen molar-refractivity contribution in [1.29, 1.82) is 0 Å². The Kier molecular flexibility index (Phi) is 6.73. The van der Waals surface area contributed by atoms with E-state index >= 15 is 0 Å². The van der Waals surface area contributed by atoms with Gasteiger partial charge in [0.2, 0.25) is 0 Å². The van der Waals surface area contributed by atoms with Crippen molar-refractivity contribution in [3.05, 3.63) is 30.3 Å². The molecule has 116 valence electrons. The van der Waals surface area contributed by atoms with Crippen molar-refractivity contribution in [2.45, 2.75) is 6.92 Å². The Balaban J connectivity index is 1.90. The van der Waals surface area contributed by atoms with Crippen LogP contribution in [-0.2, 0) is 0 Å². The summed E-state index contributed by atoms with van der Waals surface area (Å²) < 4.78 is 0. The maximum absolute atomic E-state index is 4.72. The van der Waals surface area contributed by atoms with Gasteiger partial charge in [-0.3, -0.25) is 4.99 Å². The second-order valence-corrected chi connectivity index (χ2v) is 6.02. The van der Waals surface area contributed by atoms with Gasteiger partial charge in [0.15, 0.2) is 5.96 Å². The summed E-state index contributed by atoms with van der Waals surface area (Å²) in [6, 6.07) is 10.7. The zero-order valence-corrected chi connectivity index (χ0v) is 13.9. The molecule has 1 saturated heterocycles. The number of hydrogen-bond donors (Lipinski definition) is 1. The van der Waals surface area contributed by atoms with E-state index < -0.39 is 0 Å². The van der Waals surface area contributed by atoms with E-state index in [1.54, 1.807) is 0 Å². The van der Waals surface area contributed by atoms with E-state index in [2.05, 4.69) is 58.6 Å². The number of hydrogen-bond acceptors (Lipinski definition) is 3. The molecule has 1 aromatic carbocycles. The maximum atomic E-state index is 4.72. The number of para-hydroxylation sites is 1. The van der Waals surface area contributed by atoms with Gasteiger partial charge in [-0.25, -0.2) is 0 Å². The standard InChI is InChI=1S/C16H26N4S/c1-3-17-16(18-9-14-21-2)20-12-10-19(11-13-20)15-7-5-4-6-8-15/h4-8H,3,9-14H2,1-2H3,(H,17,18). The van der Waals surface area contributed by atoms with Crippen LogP contribution >= 0.6 is 11.8 Å². The fourth-order valence-electron chi connectivity index (χ4n) is 2.48. The Bertz CT molecular complexity index is 427. The smallest absolute Gasteiger partial charge is 0.194 e. The molecule has 1 aliphatic rings. The van der Waals surface area contributed by atoms with Crippen LogP contribution in [0.15, 0.2) is 35.3 Å². The first-order valence-corrected chi connectivity index (χ1v) is 9.06. The van der Waals surface area contributed by atoms with Gasteiger partial charge in [0.25, 0.3) is 0 Å². The molecule has 1 aromatic rings. The van der Waals surface area contributed by atoms with Gasteiger partial charge in [0, 0.05) is 44.2 Å². The zero-order chi connectivity index (χ0) is 14.9. The number of nitrogens with one attached hydrogen (secondary N) is 1. The minimum atomic E-state index is 0.891. The van der Waals surface area contributed by atoms with Gasteiger partial charge in [-0.1, -0.05) is 18.2 Å². The molecule has 5 heteroatoms. The Hall–Kier alpha value is -1.36. The van der Waals surface area contributed by atoms with E-state index in [1.165, 1.54) is 5.69 Å². The van der Waals surface area contributed by atoms with Crippen molar-refractivity contribution in [1.82, 2.24) is 10.2 Å². The van der Waals surface area contributed by atoms with Crippen LogP contribution in [0.1, 0.15) is 6.92 Å². The molecule has 0 saturated carbocycles. The number of guanidine groups is 1. The number of nitrogens with zero attached hydrogens (tertiary/aromatic N) is 3. The summed E-state index contributed by atoms with van der Waals surface area (Å²) in [6.07, 6.45) is 2.13. The van der Waals surface area contributed by atoms with Crippen molar-refractivity contribution in [3.63, 3.8) is 0 Å². The van der Waals surface area contributed by atoms with Crippen LogP contribution in [0.3, 0.4) is 0 Å². The molecule has 0 aliphatic carbocycles. The maximum Gasteiger partial charge on any atom is 0.194 e. The SMILES string of the molecule is CCNC(=NCCSC)N1CCN(c2ccccc2)CC1. The van der Waals surface area contributed by atoms with Crippen molar-refractivity contribution in [2.75, 3.05) is 56.2 Å². The number of rotatable bonds is 5. The molecule has 0 bridgehead atoms. The molecule has 0 aromatic heterocycles. The number of piperazine rings is 1. The number of anilines is 1. The average Bonchev–Trinajstić information content (AvgIpc) is 2.55. The lowest BCUT2D eigenvalue weighted by atomic mass is 10.2. The first-order valence-electron chi connectivity index (χ1n) is 7.67. The van der Waals surface area contributed by atoms with Gasteiger partial charge in [0.1, 0.15) is 0 Å². The Morgan fingerprint density at radius 1 is 1.19 bits per heavy atom. The van der Waals surface area contributed by atoms with E-state index in [0.29, 0.717) is 0 Å². The third-order valence-corrected chi connectivity index (χ3v) is 4.18. The Morgan fingerprint density at radius 3 is 2.52 bits per heavy atom. The summed E-state index contributed by atoms with van der Waals surface area (Å²) in [5, 5.41) is 3.41. The van der Waals surface area contributed by atoms with Crippen LogP contribution in [-0.4, -0.2) is 62.1 Å². The molecule has 0 amide bonds. The minimum Gasteiger partial charge on any atom is -0.368 e. The number of aliphatic imine (C=N–C) groups is 1. The molecule has 2 rings (SSSR count). The highest BCUT2D eigenvalue weighted by Crippen LogP contribution is 2.15. The summed E-state index contributed by atoms with van der Waals surface area (Å²) >= 11 is 1.84. The molecule has 1 fully saturated rings. The van der Waals surface area contributed by atoms with Gasteiger partial charge in [-0.05, 0) is 25.3 Å². The first-order chi connectivity index (χ1) is 10.3. The highest BCUT2D eigenvalue weighted by Gasteiger charge is 2.19. The van der Waals surface area contributed by atoms with Gasteiger partial charge < -0.3 is 15.1 Å². The van der Waals surface area contributed by atoms with Gasteiger partial charge in [0.05, 0.1) is 6.54 Å². The van der Waals surface area contributed by atoms with Crippen LogP contribution in [0, 0.1) is 0 Å². The third-order valence-electron chi connectivity index (χ3n) is 3.59. The largest absolute Gasteiger partial charge is 0.368 e. The predicted octanol–water partition coefficient (Wildman–Crippen LogP) is 2.14. The van der Waals surface area contributed by atoms with E-state index in [1.807, 2.05) is 11.8 Å². The van der Waals surface area contributed by atoms with Gasteiger partial charge in [-0.15, -0.1) is 0 Å². The van der Waals surface area contributed by atoms with Crippen LogP contribution in [0.4, 0.5) is 5.69 Å². The molecule has 1 aliphatic heterocycles. The Morgan fingerprint density at radius 2 is 1.90 bits per heavy atom. The summed E-state index contributed by atoms with van der Waals surface area (Å²) in [7, 11) is 0. The van der Waals surface area contributed by atoms with E-state index in [-0.39, 0.29) is 0 Å². The highest BCUT2D eigenvalue weighted by molar-refractivity contribution is 7.98. The quantitative estimate of drug-likeness (QED) is 0.513. The van der Waals surface area contributed by atoms with Crippen molar-refractivity contribution >= 4 is 23.4 Å². The fourth-order valence-corrected chi connectivity index (χ4v) is 2.76. The van der Waals surface area contributed by atoms with Gasteiger partial charge in [-0.2, -0.15) is 11.8 Å². The van der Waals surface area contributed by atoms with Crippen LogP contribution in [0.25, 0.3) is 0 Å². The molecule has 0 unspecified atom stereocenters. The summed E-state index contributed by atoms with van der Waals surface area (Å²) in [4.78, 5) is 9.54. The lowest BCUT2D eigenvalue weighted by molar-refractivity contribution is 0.373. The molecular formula is C16H26N4S. The lowest BCUT2D eigenvalue weighted by Gasteiger charge is -2.37. The second kappa shape index (κ2) is 8.82. The molecule has 21 heavy (non-hydrogen) atoms. The number of thioether (sulfide) groups is 1. The fraction of sp³-hybridized carbons (Fsp3) is 0.562. The molecule has 1 N–H and O–H groups in total. The molecule has 0 spiro atoms. The first kappa shape index (κ1) is 16.0. The molecule has 0 atom stereocenters. The summed E-state index contributed by atoms with van der Waals surface area (Å²) in [6.45, 7) is 8.11. The summed E-state index contributed by atoms with van der Waals surface area (Å²) in [5.41, 5.74) is 1.32. The molecule has 4 nitrogen and oxygen atoms in total. The Labute approximate surface area is 132 Å². The van der Waals surface area contributed by atoms with Crippen molar-refractivity contribution in [3.8, 4) is 0 Å².